The third kappa shape index (κ3) is 5.27. The Balaban J connectivity index is 2.12. The van der Waals surface area contributed by atoms with E-state index in [4.69, 9.17) is 4.52 Å². The number of carbonyl (C=O) groups excluding carboxylic acids is 1. The molecule has 102 valence electrons. The first kappa shape index (κ1) is 14.6. The second-order valence-corrected chi connectivity index (χ2v) is 4.76. The summed E-state index contributed by atoms with van der Waals surface area (Å²) in [4.78, 5) is 15.6. The molecule has 0 aliphatic rings. The maximum absolute atomic E-state index is 11.5. The van der Waals surface area contributed by atoms with Crippen LogP contribution < -0.4 is 10.6 Å². The normalized spacial score (nSPS) is 12.7. The van der Waals surface area contributed by atoms with E-state index in [-0.39, 0.29) is 11.9 Å². The molecule has 1 aromatic heterocycles. The molecule has 1 amide bonds. The molecule has 6 heteroatoms. The van der Waals surface area contributed by atoms with Crippen molar-refractivity contribution < 1.29 is 9.32 Å². The number of nitrogens with one attached hydrogen (secondary N) is 2. The van der Waals surface area contributed by atoms with Gasteiger partial charge in [-0.05, 0) is 19.8 Å². The average molecular weight is 254 g/mol. The van der Waals surface area contributed by atoms with Gasteiger partial charge in [0.1, 0.15) is 0 Å². The van der Waals surface area contributed by atoms with E-state index in [2.05, 4.69) is 34.6 Å². The van der Waals surface area contributed by atoms with Crippen molar-refractivity contribution in [2.45, 2.75) is 40.2 Å². The highest BCUT2D eigenvalue weighted by molar-refractivity contribution is 5.78. The Kier molecular flexibility index (Phi) is 5.77. The van der Waals surface area contributed by atoms with Crippen LogP contribution in [0.4, 0.5) is 0 Å². The van der Waals surface area contributed by atoms with Crippen LogP contribution in [-0.2, 0) is 11.2 Å². The minimum atomic E-state index is 0.0120. The molecule has 0 saturated heterocycles. The van der Waals surface area contributed by atoms with E-state index in [0.717, 1.165) is 0 Å². The molecule has 2 N–H and O–H groups in total. The molecule has 0 saturated carbocycles. The lowest BCUT2D eigenvalue weighted by Gasteiger charge is -2.17. The summed E-state index contributed by atoms with van der Waals surface area (Å²) in [6.45, 7) is 8.90. The summed E-state index contributed by atoms with van der Waals surface area (Å²) in [5.41, 5.74) is 0. The molecule has 1 unspecified atom stereocenters. The minimum Gasteiger partial charge on any atom is -0.352 e. The standard InChI is InChI=1S/C12H22N4O2/c1-8(2)9(3)14-11(17)7-13-6-5-12-15-10(4)16-18-12/h8-9,13H,5-7H2,1-4H3,(H,14,17). The van der Waals surface area contributed by atoms with E-state index in [1.54, 1.807) is 6.92 Å². The first-order chi connectivity index (χ1) is 8.49. The van der Waals surface area contributed by atoms with Crippen molar-refractivity contribution in [1.82, 2.24) is 20.8 Å². The summed E-state index contributed by atoms with van der Waals surface area (Å²) in [5, 5.41) is 9.67. The molecule has 0 fully saturated rings. The molecule has 1 aromatic rings. The summed E-state index contributed by atoms with van der Waals surface area (Å²) in [6, 6.07) is 0.192. The van der Waals surface area contributed by atoms with E-state index in [1.807, 2.05) is 6.92 Å². The minimum absolute atomic E-state index is 0.0120. The zero-order chi connectivity index (χ0) is 13.5. The van der Waals surface area contributed by atoms with E-state index in [0.29, 0.717) is 37.1 Å². The number of hydrogen-bond donors (Lipinski definition) is 2. The summed E-state index contributed by atoms with van der Waals surface area (Å²) in [6.07, 6.45) is 0.633. The van der Waals surface area contributed by atoms with Gasteiger partial charge in [-0.2, -0.15) is 4.98 Å². The second-order valence-electron chi connectivity index (χ2n) is 4.76. The lowest BCUT2D eigenvalue weighted by atomic mass is 10.1. The smallest absolute Gasteiger partial charge is 0.234 e. The van der Waals surface area contributed by atoms with Crippen molar-refractivity contribution in [3.8, 4) is 0 Å². The van der Waals surface area contributed by atoms with Crippen molar-refractivity contribution in [1.29, 1.82) is 0 Å². The maximum atomic E-state index is 11.5. The fourth-order valence-electron chi connectivity index (χ4n) is 1.31. The van der Waals surface area contributed by atoms with Crippen LogP contribution in [-0.4, -0.2) is 35.2 Å². The Morgan fingerprint density at radius 3 is 2.67 bits per heavy atom. The SMILES string of the molecule is Cc1noc(CCNCC(=O)NC(C)C(C)C)n1. The van der Waals surface area contributed by atoms with Crippen LogP contribution in [0.1, 0.15) is 32.5 Å². The monoisotopic (exact) mass is 254 g/mol. The van der Waals surface area contributed by atoms with Gasteiger partial charge in [0.15, 0.2) is 5.82 Å². The molecule has 1 rings (SSSR count). The lowest BCUT2D eigenvalue weighted by molar-refractivity contribution is -0.121. The Hall–Kier alpha value is -1.43. The van der Waals surface area contributed by atoms with Crippen LogP contribution in [0.3, 0.4) is 0 Å². The maximum Gasteiger partial charge on any atom is 0.234 e. The van der Waals surface area contributed by atoms with Gasteiger partial charge in [0.25, 0.3) is 0 Å². The predicted octanol–water partition coefficient (Wildman–Crippen LogP) is 0.671. The van der Waals surface area contributed by atoms with Gasteiger partial charge in [-0.1, -0.05) is 19.0 Å². The summed E-state index contributed by atoms with van der Waals surface area (Å²) in [7, 11) is 0. The van der Waals surface area contributed by atoms with Crippen molar-refractivity contribution in [2.75, 3.05) is 13.1 Å². The van der Waals surface area contributed by atoms with E-state index < -0.39 is 0 Å². The molecule has 0 bridgehead atoms. The Morgan fingerprint density at radius 2 is 2.11 bits per heavy atom. The molecule has 6 nitrogen and oxygen atoms in total. The summed E-state index contributed by atoms with van der Waals surface area (Å²) in [5.74, 6) is 1.68. The van der Waals surface area contributed by atoms with Gasteiger partial charge in [0.05, 0.1) is 6.54 Å². The number of hydrogen-bond acceptors (Lipinski definition) is 5. The van der Waals surface area contributed by atoms with Crippen molar-refractivity contribution in [2.24, 2.45) is 5.92 Å². The Bertz CT molecular complexity index is 376. The van der Waals surface area contributed by atoms with E-state index >= 15 is 0 Å². The van der Waals surface area contributed by atoms with Crippen LogP contribution in [0.15, 0.2) is 4.52 Å². The predicted molar refractivity (Wildman–Crippen MR) is 68.1 cm³/mol. The molecular formula is C12H22N4O2. The van der Waals surface area contributed by atoms with Gasteiger partial charge in [-0.25, -0.2) is 0 Å². The van der Waals surface area contributed by atoms with Gasteiger partial charge in [0, 0.05) is 19.0 Å². The van der Waals surface area contributed by atoms with Gasteiger partial charge in [-0.3, -0.25) is 4.79 Å². The van der Waals surface area contributed by atoms with Gasteiger partial charge < -0.3 is 15.2 Å². The van der Waals surface area contributed by atoms with Gasteiger partial charge >= 0.3 is 0 Å². The number of rotatable bonds is 7. The number of amides is 1. The lowest BCUT2D eigenvalue weighted by Crippen LogP contribution is -2.41. The first-order valence-electron chi connectivity index (χ1n) is 6.28. The number of aromatic nitrogens is 2. The first-order valence-corrected chi connectivity index (χ1v) is 6.28. The van der Waals surface area contributed by atoms with Gasteiger partial charge in [-0.15, -0.1) is 0 Å². The highest BCUT2D eigenvalue weighted by atomic mass is 16.5. The largest absolute Gasteiger partial charge is 0.352 e. The number of carbonyl (C=O) groups is 1. The fraction of sp³-hybridized carbons (Fsp3) is 0.750. The summed E-state index contributed by atoms with van der Waals surface area (Å²) >= 11 is 0. The number of nitrogens with zero attached hydrogens (tertiary/aromatic N) is 2. The highest BCUT2D eigenvalue weighted by Crippen LogP contribution is 1.99. The number of aryl methyl sites for hydroxylation is 1. The third-order valence-electron chi connectivity index (χ3n) is 2.76. The van der Waals surface area contributed by atoms with Crippen molar-refractivity contribution in [3.63, 3.8) is 0 Å². The Morgan fingerprint density at radius 1 is 1.39 bits per heavy atom. The molecule has 1 atom stereocenters. The molecule has 0 aliphatic carbocycles. The molecular weight excluding hydrogens is 232 g/mol. The van der Waals surface area contributed by atoms with Crippen molar-refractivity contribution >= 4 is 5.91 Å². The van der Waals surface area contributed by atoms with Crippen LogP contribution >= 0.6 is 0 Å². The highest BCUT2D eigenvalue weighted by Gasteiger charge is 2.10. The second kappa shape index (κ2) is 7.10. The quantitative estimate of drug-likeness (QED) is 0.699. The van der Waals surface area contributed by atoms with E-state index in [1.165, 1.54) is 0 Å². The molecule has 18 heavy (non-hydrogen) atoms. The van der Waals surface area contributed by atoms with Crippen LogP contribution in [0, 0.1) is 12.8 Å². The van der Waals surface area contributed by atoms with Crippen molar-refractivity contribution in [3.05, 3.63) is 11.7 Å². The molecule has 0 aromatic carbocycles. The Labute approximate surface area is 108 Å². The van der Waals surface area contributed by atoms with Crippen LogP contribution in [0.2, 0.25) is 0 Å². The van der Waals surface area contributed by atoms with Crippen LogP contribution in [0.25, 0.3) is 0 Å². The molecule has 0 radical (unpaired) electrons. The van der Waals surface area contributed by atoms with Gasteiger partial charge in [0.2, 0.25) is 11.8 Å². The summed E-state index contributed by atoms with van der Waals surface area (Å²) < 4.78 is 4.97. The zero-order valence-corrected chi connectivity index (χ0v) is 11.5. The molecule has 1 heterocycles. The molecule has 0 aliphatic heterocycles. The molecule has 0 spiro atoms. The zero-order valence-electron chi connectivity index (χ0n) is 11.5. The fourth-order valence-corrected chi connectivity index (χ4v) is 1.31. The van der Waals surface area contributed by atoms with E-state index in [9.17, 15) is 4.79 Å². The average Bonchev–Trinajstić information content (AvgIpc) is 2.70. The van der Waals surface area contributed by atoms with Crippen LogP contribution in [0.5, 0.6) is 0 Å². The topological polar surface area (TPSA) is 80.0 Å². The third-order valence-corrected chi connectivity index (χ3v) is 2.76.